The Labute approximate surface area is 149 Å². The van der Waals surface area contributed by atoms with Crippen LogP contribution in [0.4, 0.5) is 4.79 Å². The average molecular weight is 364 g/mol. The lowest BCUT2D eigenvalue weighted by Gasteiger charge is -2.15. The van der Waals surface area contributed by atoms with Gasteiger partial charge in [-0.1, -0.05) is 0 Å². The van der Waals surface area contributed by atoms with E-state index in [1.54, 1.807) is 49.9 Å². The topological polar surface area (TPSA) is 108 Å². The number of hydrazine groups is 1. The van der Waals surface area contributed by atoms with Crippen LogP contribution in [-0.4, -0.2) is 47.0 Å². The van der Waals surface area contributed by atoms with Crippen LogP contribution in [0.25, 0.3) is 0 Å². The summed E-state index contributed by atoms with van der Waals surface area (Å²) < 4.78 is 0. The molecule has 1 heterocycles. The fourth-order valence-electron chi connectivity index (χ4n) is 2.24. The van der Waals surface area contributed by atoms with Gasteiger partial charge in [-0.3, -0.25) is 30.1 Å². The van der Waals surface area contributed by atoms with Crippen molar-refractivity contribution in [2.45, 2.75) is 30.7 Å². The standard InChI is InChI=1S/C16H20N4O4S/c1-16(2)14(23)20(15(24)17-16)9-8-12(21)18-19-13(22)10-4-6-11(25-3)7-5-10/h4-7H,8-9H2,1-3H3,(H,17,24)(H,18,21)(H,19,22). The van der Waals surface area contributed by atoms with Crippen LogP contribution in [0.3, 0.4) is 0 Å². The molecule has 0 unspecified atom stereocenters. The van der Waals surface area contributed by atoms with E-state index in [0.717, 1.165) is 9.80 Å². The fourth-order valence-corrected chi connectivity index (χ4v) is 2.65. The molecule has 2 rings (SSSR count). The van der Waals surface area contributed by atoms with Crippen molar-refractivity contribution in [1.82, 2.24) is 21.1 Å². The van der Waals surface area contributed by atoms with Crippen molar-refractivity contribution >= 4 is 35.5 Å². The Bertz CT molecular complexity index is 703. The van der Waals surface area contributed by atoms with Crippen LogP contribution < -0.4 is 16.2 Å². The summed E-state index contributed by atoms with van der Waals surface area (Å²) in [5.41, 5.74) is 4.02. The van der Waals surface area contributed by atoms with Gasteiger partial charge in [-0.05, 0) is 44.4 Å². The predicted octanol–water partition coefficient (Wildman–Crippen LogP) is 0.890. The first-order chi connectivity index (χ1) is 11.7. The molecule has 1 aromatic carbocycles. The number of carbonyl (C=O) groups excluding carboxylic acids is 4. The van der Waals surface area contributed by atoms with Crippen LogP contribution in [0, 0.1) is 0 Å². The molecule has 1 saturated heterocycles. The first-order valence-electron chi connectivity index (χ1n) is 7.62. The molecule has 25 heavy (non-hydrogen) atoms. The van der Waals surface area contributed by atoms with Crippen LogP contribution in [0.1, 0.15) is 30.6 Å². The van der Waals surface area contributed by atoms with Crippen molar-refractivity contribution in [1.29, 1.82) is 0 Å². The Kier molecular flexibility index (Phi) is 5.68. The molecule has 0 bridgehead atoms. The molecule has 8 nitrogen and oxygen atoms in total. The summed E-state index contributed by atoms with van der Waals surface area (Å²) in [5, 5.41) is 2.53. The van der Waals surface area contributed by atoms with Crippen molar-refractivity contribution in [2.24, 2.45) is 0 Å². The van der Waals surface area contributed by atoms with Gasteiger partial charge in [0.1, 0.15) is 5.54 Å². The van der Waals surface area contributed by atoms with Gasteiger partial charge in [0.15, 0.2) is 0 Å². The molecule has 134 valence electrons. The monoisotopic (exact) mass is 364 g/mol. The number of imide groups is 1. The van der Waals surface area contributed by atoms with Gasteiger partial charge in [0.2, 0.25) is 5.91 Å². The number of benzene rings is 1. The van der Waals surface area contributed by atoms with E-state index in [9.17, 15) is 19.2 Å². The quantitative estimate of drug-likeness (QED) is 0.409. The molecule has 0 saturated carbocycles. The van der Waals surface area contributed by atoms with Gasteiger partial charge in [0.05, 0.1) is 0 Å². The number of amides is 5. The second-order valence-electron chi connectivity index (χ2n) is 5.99. The molecule has 0 atom stereocenters. The molecule has 1 fully saturated rings. The van der Waals surface area contributed by atoms with Gasteiger partial charge >= 0.3 is 6.03 Å². The number of hydrogen-bond donors (Lipinski definition) is 3. The maximum Gasteiger partial charge on any atom is 0.325 e. The number of nitrogens with one attached hydrogen (secondary N) is 3. The Morgan fingerprint density at radius 1 is 1.16 bits per heavy atom. The van der Waals surface area contributed by atoms with E-state index in [-0.39, 0.29) is 18.9 Å². The average Bonchev–Trinajstić information content (AvgIpc) is 2.78. The second kappa shape index (κ2) is 7.56. The predicted molar refractivity (Wildman–Crippen MR) is 92.8 cm³/mol. The summed E-state index contributed by atoms with van der Waals surface area (Å²) in [6.07, 6.45) is 1.82. The molecular weight excluding hydrogens is 344 g/mol. The second-order valence-corrected chi connectivity index (χ2v) is 6.87. The lowest BCUT2D eigenvalue weighted by atomic mass is 10.1. The van der Waals surface area contributed by atoms with Gasteiger partial charge < -0.3 is 5.32 Å². The largest absolute Gasteiger partial charge is 0.325 e. The number of carbonyl (C=O) groups is 4. The highest BCUT2D eigenvalue weighted by Gasteiger charge is 2.43. The van der Waals surface area contributed by atoms with E-state index < -0.39 is 23.4 Å². The minimum atomic E-state index is -0.968. The van der Waals surface area contributed by atoms with Crippen LogP contribution in [-0.2, 0) is 9.59 Å². The van der Waals surface area contributed by atoms with Gasteiger partial charge in [-0.25, -0.2) is 4.79 Å². The van der Waals surface area contributed by atoms with E-state index >= 15 is 0 Å². The lowest BCUT2D eigenvalue weighted by Crippen LogP contribution is -2.44. The van der Waals surface area contributed by atoms with E-state index in [1.165, 1.54) is 0 Å². The normalized spacial score (nSPS) is 15.7. The van der Waals surface area contributed by atoms with Crippen LogP contribution in [0.2, 0.25) is 0 Å². The van der Waals surface area contributed by atoms with Gasteiger partial charge in [0.25, 0.3) is 11.8 Å². The number of hydrogen-bond acceptors (Lipinski definition) is 5. The number of nitrogens with zero attached hydrogens (tertiary/aromatic N) is 1. The smallest absolute Gasteiger partial charge is 0.324 e. The fraction of sp³-hybridized carbons (Fsp3) is 0.375. The molecule has 0 aliphatic carbocycles. The van der Waals surface area contributed by atoms with Gasteiger partial charge in [-0.15, -0.1) is 11.8 Å². The summed E-state index contributed by atoms with van der Waals surface area (Å²) in [5.74, 6) is -1.33. The minimum Gasteiger partial charge on any atom is -0.324 e. The van der Waals surface area contributed by atoms with Crippen molar-refractivity contribution in [3.63, 3.8) is 0 Å². The Balaban J connectivity index is 1.79. The van der Waals surface area contributed by atoms with Crippen molar-refractivity contribution in [3.05, 3.63) is 29.8 Å². The third-order valence-electron chi connectivity index (χ3n) is 3.67. The van der Waals surface area contributed by atoms with Gasteiger partial charge in [0, 0.05) is 23.4 Å². The van der Waals surface area contributed by atoms with E-state index in [4.69, 9.17) is 0 Å². The number of rotatable bonds is 5. The van der Waals surface area contributed by atoms with E-state index in [1.807, 2.05) is 6.26 Å². The van der Waals surface area contributed by atoms with Gasteiger partial charge in [-0.2, -0.15) is 0 Å². The molecule has 1 aromatic rings. The zero-order valence-corrected chi connectivity index (χ0v) is 15.0. The first kappa shape index (κ1) is 18.8. The van der Waals surface area contributed by atoms with E-state index in [2.05, 4.69) is 16.2 Å². The van der Waals surface area contributed by atoms with Crippen molar-refractivity contribution < 1.29 is 19.2 Å². The van der Waals surface area contributed by atoms with E-state index in [0.29, 0.717) is 5.56 Å². The highest BCUT2D eigenvalue weighted by Crippen LogP contribution is 2.16. The van der Waals surface area contributed by atoms with Crippen LogP contribution in [0.15, 0.2) is 29.2 Å². The van der Waals surface area contributed by atoms with Crippen LogP contribution >= 0.6 is 11.8 Å². The van der Waals surface area contributed by atoms with Crippen molar-refractivity contribution in [3.8, 4) is 0 Å². The molecule has 0 radical (unpaired) electrons. The summed E-state index contributed by atoms with van der Waals surface area (Å²) in [7, 11) is 0. The lowest BCUT2D eigenvalue weighted by molar-refractivity contribution is -0.130. The Morgan fingerprint density at radius 3 is 2.32 bits per heavy atom. The maximum absolute atomic E-state index is 12.0. The summed E-state index contributed by atoms with van der Waals surface area (Å²) in [6, 6.07) is 6.40. The Morgan fingerprint density at radius 2 is 1.80 bits per heavy atom. The Hall–Kier alpha value is -2.55. The van der Waals surface area contributed by atoms with Crippen molar-refractivity contribution in [2.75, 3.05) is 12.8 Å². The zero-order valence-electron chi connectivity index (χ0n) is 14.2. The molecule has 0 aromatic heterocycles. The third-order valence-corrected chi connectivity index (χ3v) is 4.42. The minimum absolute atomic E-state index is 0.0573. The molecule has 1 aliphatic heterocycles. The summed E-state index contributed by atoms with van der Waals surface area (Å²) in [6.45, 7) is 3.13. The molecule has 9 heteroatoms. The molecular formula is C16H20N4O4S. The highest BCUT2D eigenvalue weighted by molar-refractivity contribution is 7.98. The van der Waals surface area contributed by atoms with Crippen LogP contribution in [0.5, 0.6) is 0 Å². The highest BCUT2D eigenvalue weighted by atomic mass is 32.2. The summed E-state index contributed by atoms with van der Waals surface area (Å²) in [4.78, 5) is 49.5. The number of thioether (sulfide) groups is 1. The third kappa shape index (κ3) is 4.50. The zero-order chi connectivity index (χ0) is 18.6. The summed E-state index contributed by atoms with van der Waals surface area (Å²) >= 11 is 1.56. The number of urea groups is 1. The first-order valence-corrected chi connectivity index (χ1v) is 8.84. The molecule has 0 spiro atoms. The molecule has 5 amide bonds. The maximum atomic E-state index is 12.0. The molecule has 3 N–H and O–H groups in total. The SMILES string of the molecule is CSc1ccc(C(=O)NNC(=O)CCN2C(=O)NC(C)(C)C2=O)cc1. The molecule has 1 aliphatic rings.